The van der Waals surface area contributed by atoms with Gasteiger partial charge in [0, 0.05) is 0 Å². The van der Waals surface area contributed by atoms with E-state index in [2.05, 4.69) is 0 Å². The molecule has 0 aliphatic rings. The molecule has 4 nitrogen and oxygen atoms in total. The number of nitrogens with two attached hydrogens (primary N) is 1. The van der Waals surface area contributed by atoms with E-state index in [0.717, 1.165) is 12.0 Å². The summed E-state index contributed by atoms with van der Waals surface area (Å²) in [5, 5.41) is 10.2. The Morgan fingerprint density at radius 2 is 1.72 bits per heavy atom. The van der Waals surface area contributed by atoms with Gasteiger partial charge < -0.3 is 20.3 Å². The molecule has 0 heterocycles. The van der Waals surface area contributed by atoms with Crippen LogP contribution in [-0.4, -0.2) is 25.4 Å². The summed E-state index contributed by atoms with van der Waals surface area (Å²) >= 11 is 0. The number of hydrogen-bond donors (Lipinski definition) is 2. The maximum Gasteiger partial charge on any atom is 0.127 e. The van der Waals surface area contributed by atoms with Crippen LogP contribution in [0.5, 0.6) is 11.5 Å². The average Bonchev–Trinajstić information content (AvgIpc) is 2.43. The Morgan fingerprint density at radius 3 is 2.11 bits per heavy atom. The Morgan fingerprint density at radius 1 is 1.22 bits per heavy atom. The predicted molar refractivity (Wildman–Crippen MR) is 71.9 cm³/mol. The molecule has 0 amide bonds. The van der Waals surface area contributed by atoms with Crippen LogP contribution < -0.4 is 15.2 Å². The van der Waals surface area contributed by atoms with Gasteiger partial charge in [-0.1, -0.05) is 26.3 Å². The van der Waals surface area contributed by atoms with Crippen LogP contribution in [0.15, 0.2) is 18.2 Å². The smallest absolute Gasteiger partial charge is 0.127 e. The fourth-order valence-electron chi connectivity index (χ4n) is 1.97. The van der Waals surface area contributed by atoms with Crippen LogP contribution in [0.4, 0.5) is 0 Å². The Kier molecular flexibility index (Phi) is 5.44. The molecule has 0 aromatic heterocycles. The SMILES string of the molecule is CCC(C)[C@@H](O)[C@@H](N)c1c(OC)cccc1OC. The van der Waals surface area contributed by atoms with Gasteiger partial charge in [0.15, 0.2) is 0 Å². The number of benzene rings is 1. The van der Waals surface area contributed by atoms with E-state index < -0.39 is 12.1 Å². The second-order valence-corrected chi connectivity index (χ2v) is 4.48. The summed E-state index contributed by atoms with van der Waals surface area (Å²) in [6.07, 6.45) is 0.243. The summed E-state index contributed by atoms with van der Waals surface area (Å²) < 4.78 is 10.6. The zero-order chi connectivity index (χ0) is 13.7. The Balaban J connectivity index is 3.13. The number of aliphatic hydroxyl groups is 1. The second-order valence-electron chi connectivity index (χ2n) is 4.48. The molecule has 1 aromatic carbocycles. The summed E-state index contributed by atoms with van der Waals surface area (Å²) in [4.78, 5) is 0. The zero-order valence-corrected chi connectivity index (χ0v) is 11.5. The number of rotatable bonds is 6. The van der Waals surface area contributed by atoms with Crippen LogP contribution in [0.1, 0.15) is 31.9 Å². The first kappa shape index (κ1) is 14.8. The van der Waals surface area contributed by atoms with Crippen molar-refractivity contribution < 1.29 is 14.6 Å². The molecular formula is C14H23NO3. The predicted octanol–water partition coefficient (Wildman–Crippen LogP) is 2.11. The van der Waals surface area contributed by atoms with Crippen molar-refractivity contribution in [3.63, 3.8) is 0 Å². The van der Waals surface area contributed by atoms with Crippen molar-refractivity contribution in [1.82, 2.24) is 0 Å². The first-order valence-electron chi connectivity index (χ1n) is 6.21. The molecule has 0 saturated carbocycles. The van der Waals surface area contributed by atoms with Gasteiger partial charge >= 0.3 is 0 Å². The Labute approximate surface area is 109 Å². The van der Waals surface area contributed by atoms with Crippen molar-refractivity contribution in [2.75, 3.05) is 14.2 Å². The molecule has 18 heavy (non-hydrogen) atoms. The quantitative estimate of drug-likeness (QED) is 0.815. The van der Waals surface area contributed by atoms with Gasteiger partial charge in [-0.25, -0.2) is 0 Å². The summed E-state index contributed by atoms with van der Waals surface area (Å²) in [6, 6.07) is 4.96. The van der Waals surface area contributed by atoms with E-state index >= 15 is 0 Å². The summed E-state index contributed by atoms with van der Waals surface area (Å²) in [7, 11) is 3.17. The zero-order valence-electron chi connectivity index (χ0n) is 11.5. The molecule has 4 heteroatoms. The number of hydrogen-bond acceptors (Lipinski definition) is 4. The lowest BCUT2D eigenvalue weighted by molar-refractivity contribution is 0.0861. The van der Waals surface area contributed by atoms with E-state index in [1.165, 1.54) is 0 Å². The van der Waals surface area contributed by atoms with Crippen LogP contribution in [0, 0.1) is 5.92 Å². The molecule has 1 aromatic rings. The second kappa shape index (κ2) is 6.61. The minimum absolute atomic E-state index is 0.120. The highest BCUT2D eigenvalue weighted by Gasteiger charge is 2.27. The topological polar surface area (TPSA) is 64.7 Å². The Hall–Kier alpha value is -1.26. The third-order valence-corrected chi connectivity index (χ3v) is 3.39. The number of ether oxygens (including phenoxy) is 2. The molecule has 0 bridgehead atoms. The van der Waals surface area contributed by atoms with Crippen molar-refractivity contribution in [2.45, 2.75) is 32.4 Å². The van der Waals surface area contributed by atoms with E-state index in [1.54, 1.807) is 14.2 Å². The van der Waals surface area contributed by atoms with Gasteiger partial charge in [-0.2, -0.15) is 0 Å². The van der Waals surface area contributed by atoms with Crippen LogP contribution >= 0.6 is 0 Å². The largest absolute Gasteiger partial charge is 0.496 e. The van der Waals surface area contributed by atoms with Crippen molar-refractivity contribution in [3.8, 4) is 11.5 Å². The van der Waals surface area contributed by atoms with Crippen LogP contribution in [-0.2, 0) is 0 Å². The first-order valence-corrected chi connectivity index (χ1v) is 6.21. The highest BCUT2D eigenvalue weighted by atomic mass is 16.5. The van der Waals surface area contributed by atoms with Crippen LogP contribution in [0.25, 0.3) is 0 Å². The molecule has 1 rings (SSSR count). The summed E-state index contributed by atoms with van der Waals surface area (Å²) in [5.74, 6) is 1.41. The van der Waals surface area contributed by atoms with Gasteiger partial charge in [-0.3, -0.25) is 0 Å². The normalized spacial score (nSPS) is 15.9. The fourth-order valence-corrected chi connectivity index (χ4v) is 1.97. The number of methoxy groups -OCH3 is 2. The first-order chi connectivity index (χ1) is 8.56. The van der Waals surface area contributed by atoms with E-state index in [1.807, 2.05) is 32.0 Å². The van der Waals surface area contributed by atoms with Gasteiger partial charge in [0.2, 0.25) is 0 Å². The lowest BCUT2D eigenvalue weighted by atomic mass is 9.90. The summed E-state index contributed by atoms with van der Waals surface area (Å²) in [6.45, 7) is 4.01. The third-order valence-electron chi connectivity index (χ3n) is 3.39. The molecule has 0 radical (unpaired) electrons. The Bertz CT molecular complexity index is 359. The average molecular weight is 253 g/mol. The van der Waals surface area contributed by atoms with E-state index in [4.69, 9.17) is 15.2 Å². The molecule has 0 aliphatic heterocycles. The maximum atomic E-state index is 10.2. The standard InChI is InChI=1S/C14H23NO3/c1-5-9(2)14(16)13(15)12-10(17-3)7-6-8-11(12)18-4/h6-9,13-14,16H,5,15H2,1-4H3/t9?,13-,14+/m0/s1. The van der Waals surface area contributed by atoms with Gasteiger partial charge in [0.25, 0.3) is 0 Å². The van der Waals surface area contributed by atoms with Crippen molar-refractivity contribution in [3.05, 3.63) is 23.8 Å². The fraction of sp³-hybridized carbons (Fsp3) is 0.571. The molecule has 102 valence electrons. The summed E-state index contributed by atoms with van der Waals surface area (Å²) in [5.41, 5.74) is 6.88. The van der Waals surface area contributed by atoms with Crippen LogP contribution in [0.3, 0.4) is 0 Å². The van der Waals surface area contributed by atoms with E-state index in [0.29, 0.717) is 11.5 Å². The van der Waals surface area contributed by atoms with Crippen molar-refractivity contribution >= 4 is 0 Å². The van der Waals surface area contributed by atoms with Gasteiger partial charge in [0.05, 0.1) is 31.9 Å². The van der Waals surface area contributed by atoms with E-state index in [9.17, 15) is 5.11 Å². The molecule has 0 spiro atoms. The molecule has 0 saturated heterocycles. The monoisotopic (exact) mass is 253 g/mol. The van der Waals surface area contributed by atoms with Crippen LogP contribution in [0.2, 0.25) is 0 Å². The highest BCUT2D eigenvalue weighted by molar-refractivity contribution is 5.47. The lowest BCUT2D eigenvalue weighted by Crippen LogP contribution is -2.32. The lowest BCUT2D eigenvalue weighted by Gasteiger charge is -2.26. The van der Waals surface area contributed by atoms with E-state index in [-0.39, 0.29) is 5.92 Å². The van der Waals surface area contributed by atoms with Gasteiger partial charge in [-0.15, -0.1) is 0 Å². The molecule has 3 N–H and O–H groups in total. The molecular weight excluding hydrogens is 230 g/mol. The van der Waals surface area contributed by atoms with Gasteiger partial charge in [-0.05, 0) is 18.1 Å². The highest BCUT2D eigenvalue weighted by Crippen LogP contribution is 2.36. The third kappa shape index (κ3) is 2.94. The maximum absolute atomic E-state index is 10.2. The minimum atomic E-state index is -0.625. The number of aliphatic hydroxyl groups excluding tert-OH is 1. The molecule has 1 unspecified atom stereocenters. The van der Waals surface area contributed by atoms with Crippen molar-refractivity contribution in [2.24, 2.45) is 11.7 Å². The molecule has 0 fully saturated rings. The van der Waals surface area contributed by atoms with Gasteiger partial charge in [0.1, 0.15) is 11.5 Å². The molecule has 3 atom stereocenters. The molecule has 0 aliphatic carbocycles. The minimum Gasteiger partial charge on any atom is -0.496 e. The van der Waals surface area contributed by atoms with Crippen molar-refractivity contribution in [1.29, 1.82) is 0 Å².